The molecule has 1 unspecified atom stereocenters. The van der Waals surface area contributed by atoms with Crippen LogP contribution in [0.15, 0.2) is 42.5 Å². The van der Waals surface area contributed by atoms with E-state index in [0.29, 0.717) is 38.4 Å². The minimum absolute atomic E-state index is 0.0772. The number of nitrogens with one attached hydrogen (secondary N) is 2. The van der Waals surface area contributed by atoms with Crippen molar-refractivity contribution in [2.24, 2.45) is 0 Å². The molecule has 6 rings (SSSR count). The Kier molecular flexibility index (Phi) is 6.08. The highest BCUT2D eigenvalue weighted by Gasteiger charge is 2.54. The highest BCUT2D eigenvalue weighted by atomic mass is 19.3. The first-order valence-corrected chi connectivity index (χ1v) is 11.6. The number of aliphatic hydroxyl groups excluding tert-OH is 1. The lowest BCUT2D eigenvalue weighted by Crippen LogP contribution is -2.70. The zero-order valence-electron chi connectivity index (χ0n) is 19.1. The van der Waals surface area contributed by atoms with Gasteiger partial charge in [0.15, 0.2) is 23.9 Å². The number of aldehydes is 1. The van der Waals surface area contributed by atoms with Gasteiger partial charge in [0.2, 0.25) is 0 Å². The molecule has 2 atom stereocenters. The molecule has 4 aliphatic rings. The van der Waals surface area contributed by atoms with Gasteiger partial charge in [-0.25, -0.2) is 4.39 Å². The van der Waals surface area contributed by atoms with Crippen molar-refractivity contribution >= 4 is 12.2 Å². The zero-order chi connectivity index (χ0) is 25.6. The summed E-state index contributed by atoms with van der Waals surface area (Å²) < 4.78 is 54.4. The van der Waals surface area contributed by atoms with E-state index >= 15 is 0 Å². The van der Waals surface area contributed by atoms with E-state index in [1.807, 2.05) is 0 Å². The zero-order valence-corrected chi connectivity index (χ0v) is 19.1. The van der Waals surface area contributed by atoms with Crippen LogP contribution < -0.4 is 24.8 Å². The molecule has 3 N–H and O–H groups in total. The van der Waals surface area contributed by atoms with Gasteiger partial charge >= 0.3 is 6.29 Å². The molecular formula is C25H25F3N2O6. The first kappa shape index (κ1) is 24.4. The number of hydrogen-bond acceptors (Lipinski definition) is 7. The van der Waals surface area contributed by atoms with Crippen LogP contribution in [0.1, 0.15) is 42.5 Å². The lowest BCUT2D eigenvalue weighted by molar-refractivity contribution is -0.286. The molecule has 3 aliphatic carbocycles. The summed E-state index contributed by atoms with van der Waals surface area (Å²) in [5, 5.41) is 17.2. The maximum atomic E-state index is 13.5. The number of fused-ring (bicyclic) bond motifs is 4. The van der Waals surface area contributed by atoms with Crippen molar-refractivity contribution in [1.82, 2.24) is 10.6 Å². The van der Waals surface area contributed by atoms with E-state index in [9.17, 15) is 27.9 Å². The van der Waals surface area contributed by atoms with Crippen LogP contribution in [0.25, 0.3) is 0 Å². The van der Waals surface area contributed by atoms with Gasteiger partial charge in [-0.2, -0.15) is 0 Å². The molecule has 0 spiro atoms. The van der Waals surface area contributed by atoms with Crippen LogP contribution in [0.3, 0.4) is 0 Å². The van der Waals surface area contributed by atoms with Crippen molar-refractivity contribution in [2.45, 2.75) is 61.7 Å². The van der Waals surface area contributed by atoms with Crippen molar-refractivity contribution in [3.8, 4) is 17.2 Å². The van der Waals surface area contributed by atoms with Crippen LogP contribution in [0.2, 0.25) is 0 Å². The molecule has 1 aliphatic heterocycles. The minimum atomic E-state index is -3.75. The Morgan fingerprint density at radius 2 is 1.89 bits per heavy atom. The summed E-state index contributed by atoms with van der Waals surface area (Å²) in [7, 11) is 0. The third-order valence-corrected chi connectivity index (χ3v) is 7.25. The predicted octanol–water partition coefficient (Wildman–Crippen LogP) is 2.93. The number of carbonyl (C=O) groups excluding carboxylic acids is 2. The summed E-state index contributed by atoms with van der Waals surface area (Å²) in [6, 6.07) is 9.32. The number of halogens is 3. The van der Waals surface area contributed by atoms with Crippen molar-refractivity contribution in [3.05, 3.63) is 53.8 Å². The Bertz CT molecular complexity index is 1170. The number of rotatable bonds is 8. The fourth-order valence-electron chi connectivity index (χ4n) is 5.29. The molecule has 2 bridgehead atoms. The van der Waals surface area contributed by atoms with Crippen LogP contribution in [-0.2, 0) is 4.79 Å². The number of alkyl halides is 2. The lowest BCUT2D eigenvalue weighted by Gasteiger charge is -2.56. The van der Waals surface area contributed by atoms with Crippen molar-refractivity contribution in [1.29, 1.82) is 0 Å². The second-order valence-electron chi connectivity index (χ2n) is 9.57. The summed E-state index contributed by atoms with van der Waals surface area (Å²) in [5.74, 6) is -1.06. The topological polar surface area (TPSA) is 106 Å². The van der Waals surface area contributed by atoms with E-state index in [1.165, 1.54) is 42.5 Å². The fraction of sp³-hybridized carbons (Fsp3) is 0.440. The van der Waals surface area contributed by atoms with Gasteiger partial charge in [-0.3, -0.25) is 9.59 Å². The lowest BCUT2D eigenvalue weighted by atomic mass is 9.59. The first-order chi connectivity index (χ1) is 17.1. The molecule has 36 heavy (non-hydrogen) atoms. The molecule has 1 heterocycles. The summed E-state index contributed by atoms with van der Waals surface area (Å²) in [4.78, 5) is 24.3. The molecule has 2 aromatic carbocycles. The van der Waals surface area contributed by atoms with Gasteiger partial charge in [0.05, 0.1) is 6.10 Å². The highest BCUT2D eigenvalue weighted by Crippen LogP contribution is 2.47. The molecule has 8 nitrogen and oxygen atoms in total. The average Bonchev–Trinajstić information content (AvgIpc) is 3.15. The van der Waals surface area contributed by atoms with E-state index in [2.05, 4.69) is 20.1 Å². The van der Waals surface area contributed by atoms with Gasteiger partial charge in [0.1, 0.15) is 11.6 Å². The Morgan fingerprint density at radius 3 is 2.58 bits per heavy atom. The van der Waals surface area contributed by atoms with Gasteiger partial charge in [-0.1, -0.05) is 6.07 Å². The van der Waals surface area contributed by atoms with E-state index in [0.717, 1.165) is 0 Å². The number of aliphatic hydroxyl groups is 1. The van der Waals surface area contributed by atoms with Gasteiger partial charge in [0.25, 0.3) is 5.91 Å². The van der Waals surface area contributed by atoms with E-state index in [-0.39, 0.29) is 35.3 Å². The van der Waals surface area contributed by atoms with Crippen LogP contribution in [0.5, 0.6) is 17.2 Å². The third kappa shape index (κ3) is 4.72. The van der Waals surface area contributed by atoms with Crippen molar-refractivity contribution in [2.75, 3.05) is 6.54 Å². The van der Waals surface area contributed by atoms with Crippen LogP contribution in [0, 0.1) is 5.82 Å². The third-order valence-electron chi connectivity index (χ3n) is 7.25. The molecule has 1 amide bonds. The van der Waals surface area contributed by atoms with E-state index in [4.69, 9.17) is 4.74 Å². The Labute approximate surface area is 204 Å². The maximum Gasteiger partial charge on any atom is 0.586 e. The van der Waals surface area contributed by atoms with Crippen LogP contribution >= 0.6 is 0 Å². The first-order valence-electron chi connectivity index (χ1n) is 11.6. The standard InChI is InChI=1S/C25H25F3N2O6/c26-16-3-1-2-15(10-16)22(33)30-23-6-8-24(9-7-23,21(32)12-23)29-13-18(14-31)34-17-4-5-19-20(11-17)36-25(27,28)35-19/h1-5,10-11,14,18,21,29,32H,6-9,12-13H2,(H,30,33)/t18?,21-,23?,24?/m0/s1. The number of carbonyl (C=O) groups is 2. The molecule has 11 heteroatoms. The minimum Gasteiger partial charge on any atom is -0.481 e. The SMILES string of the molecule is O=CC(CNC12CCC(NC(=O)c3cccc(F)c3)(CC1)C[C@@H]2O)Oc1ccc2c(c1)OC(F)(F)O2. The Morgan fingerprint density at radius 1 is 1.14 bits per heavy atom. The monoisotopic (exact) mass is 506 g/mol. The quantitative estimate of drug-likeness (QED) is 0.473. The van der Waals surface area contributed by atoms with Crippen molar-refractivity contribution < 1.29 is 42.1 Å². The summed E-state index contributed by atoms with van der Waals surface area (Å²) >= 11 is 0. The highest BCUT2D eigenvalue weighted by molar-refractivity contribution is 5.94. The predicted molar refractivity (Wildman–Crippen MR) is 120 cm³/mol. The maximum absolute atomic E-state index is 13.5. The molecule has 0 aromatic heterocycles. The largest absolute Gasteiger partial charge is 0.586 e. The second kappa shape index (κ2) is 8.97. The number of amides is 1. The van der Waals surface area contributed by atoms with Gasteiger partial charge in [-0.05, 0) is 62.4 Å². The Balaban J connectivity index is 1.19. The molecule has 3 saturated carbocycles. The van der Waals surface area contributed by atoms with E-state index < -0.39 is 35.4 Å². The second-order valence-corrected chi connectivity index (χ2v) is 9.57. The summed E-state index contributed by atoms with van der Waals surface area (Å²) in [6.45, 7) is 0.0772. The molecule has 192 valence electrons. The summed E-state index contributed by atoms with van der Waals surface area (Å²) in [5.41, 5.74) is -1.04. The average molecular weight is 506 g/mol. The molecule has 2 aromatic rings. The number of hydrogen-bond donors (Lipinski definition) is 3. The molecular weight excluding hydrogens is 481 g/mol. The number of benzene rings is 2. The van der Waals surface area contributed by atoms with Crippen LogP contribution in [-0.4, -0.2) is 53.4 Å². The van der Waals surface area contributed by atoms with Gasteiger partial charge < -0.3 is 30.0 Å². The smallest absolute Gasteiger partial charge is 0.481 e. The van der Waals surface area contributed by atoms with Gasteiger partial charge in [0, 0.05) is 29.3 Å². The Hall–Kier alpha value is -3.31. The van der Waals surface area contributed by atoms with Gasteiger partial charge in [-0.15, -0.1) is 8.78 Å². The fourth-order valence-corrected chi connectivity index (χ4v) is 5.29. The molecule has 0 radical (unpaired) electrons. The molecule has 3 fully saturated rings. The van der Waals surface area contributed by atoms with Crippen molar-refractivity contribution in [3.63, 3.8) is 0 Å². The molecule has 0 saturated heterocycles. The number of ether oxygens (including phenoxy) is 3. The van der Waals surface area contributed by atoms with E-state index in [1.54, 1.807) is 0 Å². The summed E-state index contributed by atoms with van der Waals surface area (Å²) in [6.07, 6.45) is -2.32. The normalized spacial score (nSPS) is 28.4. The van der Waals surface area contributed by atoms with Crippen LogP contribution in [0.4, 0.5) is 13.2 Å².